The second-order valence-electron chi connectivity index (χ2n) is 7.36. The maximum absolute atomic E-state index is 13.3. The molecular weight excluding hydrogens is 520 g/mol. The molecule has 4 rings (SSSR count). The van der Waals surface area contributed by atoms with Crippen molar-refractivity contribution < 1.29 is 31.4 Å². The van der Waals surface area contributed by atoms with Gasteiger partial charge >= 0.3 is 0 Å². The molecule has 0 aliphatic carbocycles. The zero-order valence-electron chi connectivity index (χ0n) is 19.2. The van der Waals surface area contributed by atoms with Crippen molar-refractivity contribution in [3.63, 3.8) is 0 Å². The minimum Gasteiger partial charge on any atom is -0.478 e. The van der Waals surface area contributed by atoms with Crippen molar-refractivity contribution in [3.8, 4) is 28.8 Å². The topological polar surface area (TPSA) is 128 Å². The molecular formula is C22H20ClF2N5O5S. The van der Waals surface area contributed by atoms with E-state index in [1.165, 1.54) is 20.4 Å². The molecule has 36 heavy (non-hydrogen) atoms. The molecule has 0 aliphatic rings. The minimum atomic E-state index is -4.25. The predicted octanol–water partition coefficient (Wildman–Crippen LogP) is 4.44. The number of methoxy groups -OCH3 is 2. The number of aromatic nitrogens is 4. The zero-order valence-corrected chi connectivity index (χ0v) is 20.7. The lowest BCUT2D eigenvalue weighted by Gasteiger charge is -2.14. The SMILES string of the molecule is COc1nc(NS(=O)(=O)c2c[nH]c3c(-c4cccc(C)n4)c(Cl)ccc23)nc(OC)c1OCC(F)F. The first-order chi connectivity index (χ1) is 17.1. The zero-order chi connectivity index (χ0) is 26.0. The van der Waals surface area contributed by atoms with Crippen LogP contribution in [0.5, 0.6) is 17.5 Å². The van der Waals surface area contributed by atoms with Crippen LogP contribution in [0.1, 0.15) is 5.69 Å². The number of hydrogen-bond donors (Lipinski definition) is 2. The second-order valence-corrected chi connectivity index (χ2v) is 9.42. The number of fused-ring (bicyclic) bond motifs is 1. The maximum Gasteiger partial charge on any atom is 0.272 e. The van der Waals surface area contributed by atoms with Crippen LogP contribution in [-0.4, -0.2) is 55.6 Å². The molecule has 0 aliphatic heterocycles. The number of rotatable bonds is 9. The molecule has 4 aromatic rings. The quantitative estimate of drug-likeness (QED) is 0.319. The van der Waals surface area contributed by atoms with Gasteiger partial charge in [-0.3, -0.25) is 4.98 Å². The van der Waals surface area contributed by atoms with Gasteiger partial charge in [0.15, 0.2) is 0 Å². The summed E-state index contributed by atoms with van der Waals surface area (Å²) in [6.45, 7) is 0.871. The van der Waals surface area contributed by atoms with Crippen LogP contribution >= 0.6 is 11.6 Å². The Hall–Kier alpha value is -3.71. The summed E-state index contributed by atoms with van der Waals surface area (Å²) in [7, 11) is -1.83. The van der Waals surface area contributed by atoms with Gasteiger partial charge in [0, 0.05) is 22.8 Å². The Balaban J connectivity index is 1.75. The predicted molar refractivity (Wildman–Crippen MR) is 129 cm³/mol. The molecule has 0 spiro atoms. The van der Waals surface area contributed by atoms with Crippen LogP contribution < -0.4 is 18.9 Å². The van der Waals surface area contributed by atoms with E-state index in [0.29, 0.717) is 27.2 Å². The van der Waals surface area contributed by atoms with Crippen molar-refractivity contribution in [3.05, 3.63) is 47.2 Å². The van der Waals surface area contributed by atoms with Gasteiger partial charge in [0.1, 0.15) is 11.5 Å². The lowest BCUT2D eigenvalue weighted by atomic mass is 10.1. The third-order valence-electron chi connectivity index (χ3n) is 4.97. The first-order valence-electron chi connectivity index (χ1n) is 10.3. The summed E-state index contributed by atoms with van der Waals surface area (Å²) in [5.74, 6) is -1.30. The summed E-state index contributed by atoms with van der Waals surface area (Å²) < 4.78 is 69.1. The number of pyridine rings is 1. The molecule has 3 aromatic heterocycles. The van der Waals surface area contributed by atoms with E-state index in [4.69, 9.17) is 25.8 Å². The Bertz CT molecular complexity index is 1510. The summed E-state index contributed by atoms with van der Waals surface area (Å²) >= 11 is 6.44. The standard InChI is InChI=1S/C22H20ClF2N5O5S/c1-11-5-4-6-14(27-11)17-13(23)8-7-12-15(9-26-18(12)17)36(31,32)30-22-28-20(33-2)19(21(29-22)34-3)35-10-16(24)25/h4-9,16,26H,10H2,1-3H3,(H,28,29,30). The van der Waals surface area contributed by atoms with Crippen LogP contribution in [0.25, 0.3) is 22.2 Å². The highest BCUT2D eigenvalue weighted by Gasteiger charge is 2.26. The van der Waals surface area contributed by atoms with Crippen LogP contribution in [0.2, 0.25) is 5.02 Å². The second kappa shape index (κ2) is 10.1. The van der Waals surface area contributed by atoms with Crippen LogP contribution in [0.4, 0.5) is 14.7 Å². The smallest absolute Gasteiger partial charge is 0.272 e. The number of H-pyrrole nitrogens is 1. The Kier molecular flexibility index (Phi) is 7.13. The number of sulfonamides is 1. The average Bonchev–Trinajstić information content (AvgIpc) is 3.27. The van der Waals surface area contributed by atoms with Crippen molar-refractivity contribution >= 4 is 38.5 Å². The van der Waals surface area contributed by atoms with E-state index in [9.17, 15) is 17.2 Å². The molecule has 0 saturated heterocycles. The van der Waals surface area contributed by atoms with E-state index in [2.05, 4.69) is 24.7 Å². The number of alkyl halides is 2. The normalized spacial score (nSPS) is 11.6. The molecule has 10 nitrogen and oxygen atoms in total. The van der Waals surface area contributed by atoms with E-state index in [1.54, 1.807) is 18.2 Å². The first kappa shape index (κ1) is 25.4. The lowest BCUT2D eigenvalue weighted by Crippen LogP contribution is -2.16. The van der Waals surface area contributed by atoms with E-state index < -0.39 is 29.0 Å². The molecule has 0 fully saturated rings. The highest BCUT2D eigenvalue weighted by atomic mass is 35.5. The van der Waals surface area contributed by atoms with Gasteiger partial charge in [-0.25, -0.2) is 21.9 Å². The van der Waals surface area contributed by atoms with Crippen molar-refractivity contribution in [1.29, 1.82) is 0 Å². The number of benzene rings is 1. The fourth-order valence-corrected chi connectivity index (χ4v) is 4.85. The van der Waals surface area contributed by atoms with Crippen molar-refractivity contribution in [1.82, 2.24) is 19.9 Å². The Morgan fingerprint density at radius 1 is 1.08 bits per heavy atom. The number of hydrogen-bond acceptors (Lipinski definition) is 8. The third-order valence-corrected chi connectivity index (χ3v) is 6.65. The summed E-state index contributed by atoms with van der Waals surface area (Å²) in [6.07, 6.45) is -1.47. The van der Waals surface area contributed by atoms with Gasteiger partial charge in [-0.15, -0.1) is 0 Å². The number of aryl methyl sites for hydroxylation is 1. The number of anilines is 1. The molecule has 1 aromatic carbocycles. The van der Waals surface area contributed by atoms with Gasteiger partial charge in [0.2, 0.25) is 11.7 Å². The van der Waals surface area contributed by atoms with E-state index in [-0.39, 0.29) is 22.4 Å². The molecule has 3 heterocycles. The largest absolute Gasteiger partial charge is 0.478 e. The summed E-state index contributed by atoms with van der Waals surface area (Å²) in [5, 5.41) is 0.734. The van der Waals surface area contributed by atoms with Gasteiger partial charge < -0.3 is 19.2 Å². The fourth-order valence-electron chi connectivity index (χ4n) is 3.48. The van der Waals surface area contributed by atoms with Crippen LogP contribution in [0, 0.1) is 6.92 Å². The number of halogens is 3. The van der Waals surface area contributed by atoms with Crippen molar-refractivity contribution in [2.45, 2.75) is 18.2 Å². The van der Waals surface area contributed by atoms with Crippen LogP contribution in [0.15, 0.2) is 41.4 Å². The van der Waals surface area contributed by atoms with Crippen molar-refractivity contribution in [2.24, 2.45) is 0 Å². The molecule has 0 radical (unpaired) electrons. The molecule has 0 atom stereocenters. The molecule has 0 saturated carbocycles. The highest BCUT2D eigenvalue weighted by molar-refractivity contribution is 7.93. The van der Waals surface area contributed by atoms with Crippen molar-refractivity contribution in [2.75, 3.05) is 25.5 Å². The third kappa shape index (κ3) is 4.97. The summed E-state index contributed by atoms with van der Waals surface area (Å²) in [5.41, 5.74) is 2.34. The van der Waals surface area contributed by atoms with Gasteiger partial charge in [0.05, 0.1) is 30.5 Å². The van der Waals surface area contributed by atoms with Gasteiger partial charge in [-0.1, -0.05) is 17.7 Å². The molecule has 0 bridgehead atoms. The minimum absolute atomic E-state index is 0.109. The molecule has 2 N–H and O–H groups in total. The Morgan fingerprint density at radius 3 is 2.39 bits per heavy atom. The number of ether oxygens (including phenoxy) is 3. The van der Waals surface area contributed by atoms with Gasteiger partial charge in [-0.05, 0) is 31.2 Å². The molecule has 0 amide bonds. The molecule has 0 unspecified atom stereocenters. The first-order valence-corrected chi connectivity index (χ1v) is 12.2. The number of aromatic amines is 1. The summed E-state index contributed by atoms with van der Waals surface area (Å²) in [4.78, 5) is 15.2. The van der Waals surface area contributed by atoms with Gasteiger partial charge in [-0.2, -0.15) is 9.97 Å². The van der Waals surface area contributed by atoms with Crippen LogP contribution in [0.3, 0.4) is 0 Å². The van der Waals surface area contributed by atoms with E-state index >= 15 is 0 Å². The van der Waals surface area contributed by atoms with E-state index in [0.717, 1.165) is 5.69 Å². The monoisotopic (exact) mass is 539 g/mol. The fraction of sp³-hybridized carbons (Fsp3) is 0.227. The highest BCUT2D eigenvalue weighted by Crippen LogP contribution is 2.38. The Labute approximate surface area is 209 Å². The lowest BCUT2D eigenvalue weighted by molar-refractivity contribution is 0.0781. The summed E-state index contributed by atoms with van der Waals surface area (Å²) in [6, 6.07) is 8.56. The molecule has 190 valence electrons. The van der Waals surface area contributed by atoms with E-state index in [1.807, 2.05) is 19.1 Å². The maximum atomic E-state index is 13.3. The Morgan fingerprint density at radius 2 is 1.78 bits per heavy atom. The average molecular weight is 540 g/mol. The van der Waals surface area contributed by atoms with Crippen LogP contribution in [-0.2, 0) is 10.0 Å². The molecule has 14 heteroatoms. The van der Waals surface area contributed by atoms with Gasteiger partial charge in [0.25, 0.3) is 28.2 Å². The number of nitrogens with one attached hydrogen (secondary N) is 2. The number of nitrogens with zero attached hydrogens (tertiary/aromatic N) is 3.